The number of hydrogen-bond acceptors (Lipinski definition) is 5. The smallest absolute Gasteiger partial charge is 0.308 e. The first-order valence-corrected chi connectivity index (χ1v) is 6.69. The third-order valence-corrected chi connectivity index (χ3v) is 3.69. The van der Waals surface area contributed by atoms with Crippen molar-refractivity contribution in [3.8, 4) is 0 Å². The molecular formula is C14H18N2O4. The minimum absolute atomic E-state index is 0.0110. The summed E-state index contributed by atoms with van der Waals surface area (Å²) in [5.74, 6) is -0.151. The summed E-state index contributed by atoms with van der Waals surface area (Å²) >= 11 is 0. The van der Waals surface area contributed by atoms with Crippen LogP contribution in [-0.4, -0.2) is 24.0 Å². The van der Waals surface area contributed by atoms with Crippen molar-refractivity contribution >= 4 is 17.3 Å². The molecular weight excluding hydrogens is 260 g/mol. The number of carbonyl (C=O) groups is 1. The quantitative estimate of drug-likeness (QED) is 0.520. The molecule has 6 heteroatoms. The second-order valence-corrected chi connectivity index (χ2v) is 5.02. The minimum Gasteiger partial charge on any atom is -0.469 e. The van der Waals surface area contributed by atoms with E-state index in [1.165, 1.54) is 19.2 Å². The van der Waals surface area contributed by atoms with Gasteiger partial charge in [-0.15, -0.1) is 0 Å². The van der Waals surface area contributed by atoms with Gasteiger partial charge in [0.05, 0.1) is 18.0 Å². The molecule has 1 fully saturated rings. The number of hydrogen-bond donors (Lipinski definition) is 1. The lowest BCUT2D eigenvalue weighted by molar-refractivity contribution is -0.384. The number of anilines is 1. The summed E-state index contributed by atoms with van der Waals surface area (Å²) in [5.41, 5.74) is 0.832. The Labute approximate surface area is 117 Å². The molecule has 0 atom stereocenters. The van der Waals surface area contributed by atoms with Crippen LogP contribution < -0.4 is 5.32 Å². The standard InChI is InChI=1S/C14H18N2O4/c1-20-14(17)10-5-7-11(8-6-10)15-12-3-2-4-13(9-12)16(18)19/h2-4,9-11,15H,5-8H2,1H3. The molecule has 20 heavy (non-hydrogen) atoms. The SMILES string of the molecule is COC(=O)C1CCC(Nc2cccc([N+](=O)[O-])c2)CC1. The first-order chi connectivity index (χ1) is 9.60. The van der Waals surface area contributed by atoms with Crippen LogP contribution in [0, 0.1) is 16.0 Å². The molecule has 0 aliphatic heterocycles. The number of non-ortho nitro benzene ring substituents is 1. The number of esters is 1. The molecule has 0 heterocycles. The van der Waals surface area contributed by atoms with E-state index in [4.69, 9.17) is 4.74 Å². The van der Waals surface area contributed by atoms with Gasteiger partial charge in [0, 0.05) is 23.9 Å². The van der Waals surface area contributed by atoms with E-state index in [9.17, 15) is 14.9 Å². The van der Waals surface area contributed by atoms with E-state index in [1.807, 2.05) is 6.07 Å². The molecule has 0 amide bonds. The molecule has 1 aliphatic rings. The van der Waals surface area contributed by atoms with E-state index < -0.39 is 4.92 Å². The van der Waals surface area contributed by atoms with Crippen molar-refractivity contribution in [3.05, 3.63) is 34.4 Å². The summed E-state index contributed by atoms with van der Waals surface area (Å²) in [6, 6.07) is 6.74. The van der Waals surface area contributed by atoms with Gasteiger partial charge in [0.25, 0.3) is 5.69 Å². The monoisotopic (exact) mass is 278 g/mol. The van der Waals surface area contributed by atoms with Crippen molar-refractivity contribution in [2.24, 2.45) is 5.92 Å². The van der Waals surface area contributed by atoms with Gasteiger partial charge in [0.2, 0.25) is 0 Å². The summed E-state index contributed by atoms with van der Waals surface area (Å²) < 4.78 is 4.75. The number of nitro groups is 1. The summed E-state index contributed by atoms with van der Waals surface area (Å²) in [6.45, 7) is 0. The zero-order valence-corrected chi connectivity index (χ0v) is 11.4. The maximum atomic E-state index is 11.4. The highest BCUT2D eigenvalue weighted by atomic mass is 16.6. The van der Waals surface area contributed by atoms with Gasteiger partial charge in [-0.2, -0.15) is 0 Å². The van der Waals surface area contributed by atoms with Gasteiger partial charge in [-0.25, -0.2) is 0 Å². The van der Waals surface area contributed by atoms with Crippen molar-refractivity contribution in [2.45, 2.75) is 31.7 Å². The first-order valence-electron chi connectivity index (χ1n) is 6.69. The number of nitro benzene ring substituents is 1. The second-order valence-electron chi connectivity index (χ2n) is 5.02. The van der Waals surface area contributed by atoms with Gasteiger partial charge in [-0.05, 0) is 31.7 Å². The third kappa shape index (κ3) is 3.46. The summed E-state index contributed by atoms with van der Waals surface area (Å²) in [5, 5.41) is 14.0. The van der Waals surface area contributed by atoms with Gasteiger partial charge in [-0.1, -0.05) is 6.07 Å². The van der Waals surface area contributed by atoms with E-state index in [2.05, 4.69) is 5.32 Å². The Morgan fingerprint density at radius 1 is 1.35 bits per heavy atom. The van der Waals surface area contributed by atoms with E-state index in [0.29, 0.717) is 0 Å². The number of nitrogens with zero attached hydrogens (tertiary/aromatic N) is 1. The lowest BCUT2D eigenvalue weighted by Crippen LogP contribution is -2.29. The highest BCUT2D eigenvalue weighted by Crippen LogP contribution is 2.28. The molecule has 0 aromatic heterocycles. The fraction of sp³-hybridized carbons (Fsp3) is 0.500. The maximum Gasteiger partial charge on any atom is 0.308 e. The highest BCUT2D eigenvalue weighted by Gasteiger charge is 2.26. The second kappa shape index (κ2) is 6.36. The highest BCUT2D eigenvalue weighted by molar-refractivity contribution is 5.72. The molecule has 1 aromatic carbocycles. The van der Waals surface area contributed by atoms with Crippen LogP contribution in [0.5, 0.6) is 0 Å². The number of benzene rings is 1. The Balaban J connectivity index is 1.91. The van der Waals surface area contributed by atoms with E-state index in [-0.39, 0.29) is 23.6 Å². The molecule has 6 nitrogen and oxygen atoms in total. The number of methoxy groups -OCH3 is 1. The Morgan fingerprint density at radius 3 is 2.65 bits per heavy atom. The van der Waals surface area contributed by atoms with Gasteiger partial charge >= 0.3 is 5.97 Å². The average Bonchev–Trinajstić information content (AvgIpc) is 2.47. The first kappa shape index (κ1) is 14.3. The van der Waals surface area contributed by atoms with Crippen molar-refractivity contribution in [2.75, 3.05) is 12.4 Å². The lowest BCUT2D eigenvalue weighted by Gasteiger charge is -2.28. The van der Waals surface area contributed by atoms with Crippen molar-refractivity contribution in [1.29, 1.82) is 0 Å². The number of rotatable bonds is 4. The van der Waals surface area contributed by atoms with Gasteiger partial charge in [-0.3, -0.25) is 14.9 Å². The van der Waals surface area contributed by atoms with E-state index in [1.54, 1.807) is 6.07 Å². The van der Waals surface area contributed by atoms with Crippen molar-refractivity contribution in [3.63, 3.8) is 0 Å². The Hall–Kier alpha value is -2.11. The normalized spacial score (nSPS) is 22.1. The van der Waals surface area contributed by atoms with Gasteiger partial charge in [0.1, 0.15) is 0 Å². The number of carbonyl (C=O) groups excluding carboxylic acids is 1. The van der Waals surface area contributed by atoms with Crippen molar-refractivity contribution in [1.82, 2.24) is 0 Å². The largest absolute Gasteiger partial charge is 0.469 e. The molecule has 0 spiro atoms. The third-order valence-electron chi connectivity index (χ3n) is 3.69. The van der Waals surface area contributed by atoms with Crippen LogP contribution in [-0.2, 0) is 9.53 Å². The lowest BCUT2D eigenvalue weighted by atomic mass is 9.86. The average molecular weight is 278 g/mol. The van der Waals surface area contributed by atoms with Crippen LogP contribution in [0.4, 0.5) is 11.4 Å². The predicted molar refractivity (Wildman–Crippen MR) is 74.5 cm³/mol. The van der Waals surface area contributed by atoms with Gasteiger partial charge in [0.15, 0.2) is 0 Å². The number of nitrogens with one attached hydrogen (secondary N) is 1. The van der Waals surface area contributed by atoms with Crippen LogP contribution in [0.15, 0.2) is 24.3 Å². The van der Waals surface area contributed by atoms with Crippen LogP contribution in [0.25, 0.3) is 0 Å². The Bertz CT molecular complexity index is 496. The summed E-state index contributed by atoms with van der Waals surface area (Å²) in [6.07, 6.45) is 3.31. The summed E-state index contributed by atoms with van der Waals surface area (Å²) in [4.78, 5) is 21.8. The molecule has 1 aromatic rings. The molecule has 108 valence electrons. The molecule has 1 saturated carbocycles. The molecule has 0 bridgehead atoms. The molecule has 2 rings (SSSR count). The van der Waals surface area contributed by atoms with E-state index in [0.717, 1.165) is 31.4 Å². The van der Waals surface area contributed by atoms with Crippen LogP contribution >= 0.6 is 0 Å². The Morgan fingerprint density at radius 2 is 2.05 bits per heavy atom. The van der Waals surface area contributed by atoms with Crippen LogP contribution in [0.1, 0.15) is 25.7 Å². The minimum atomic E-state index is -0.403. The zero-order valence-electron chi connectivity index (χ0n) is 11.4. The molecule has 1 N–H and O–H groups in total. The zero-order chi connectivity index (χ0) is 14.5. The molecule has 0 unspecified atom stereocenters. The van der Waals surface area contributed by atoms with Gasteiger partial charge < -0.3 is 10.1 Å². The van der Waals surface area contributed by atoms with Crippen molar-refractivity contribution < 1.29 is 14.5 Å². The van der Waals surface area contributed by atoms with Crippen LogP contribution in [0.2, 0.25) is 0 Å². The van der Waals surface area contributed by atoms with Crippen LogP contribution in [0.3, 0.4) is 0 Å². The molecule has 0 radical (unpaired) electrons. The fourth-order valence-corrected chi connectivity index (χ4v) is 2.59. The maximum absolute atomic E-state index is 11.4. The molecule has 1 aliphatic carbocycles. The summed E-state index contributed by atoms with van der Waals surface area (Å²) in [7, 11) is 1.41. The van der Waals surface area contributed by atoms with E-state index >= 15 is 0 Å². The number of ether oxygens (including phenoxy) is 1. The predicted octanol–water partition coefficient (Wildman–Crippen LogP) is 2.74. The molecule has 0 saturated heterocycles. The Kier molecular flexibility index (Phi) is 4.55. The fourth-order valence-electron chi connectivity index (χ4n) is 2.59. The topological polar surface area (TPSA) is 81.5 Å².